The third-order valence-corrected chi connectivity index (χ3v) is 3.17. The summed E-state index contributed by atoms with van der Waals surface area (Å²) in [4.78, 5) is 34.7. The lowest BCUT2D eigenvalue weighted by atomic mass is 10.1. The first-order valence-electron chi connectivity index (χ1n) is 6.63. The first kappa shape index (κ1) is 14.5. The number of benzene rings is 2. The van der Waals surface area contributed by atoms with Crippen molar-refractivity contribution in [2.24, 2.45) is 0 Å². The topological polar surface area (TPSA) is 93.8 Å². The summed E-state index contributed by atoms with van der Waals surface area (Å²) in [5.41, 5.74) is -1.13. The summed E-state index contributed by atoms with van der Waals surface area (Å²) in [5, 5.41) is 9.29. The second-order valence-corrected chi connectivity index (χ2v) is 4.68. The molecule has 6 heteroatoms. The Morgan fingerprint density at radius 2 is 1.74 bits per heavy atom. The van der Waals surface area contributed by atoms with Crippen LogP contribution < -0.4 is 10.4 Å². The summed E-state index contributed by atoms with van der Waals surface area (Å²) in [5.74, 6) is -1.94. The van der Waals surface area contributed by atoms with Crippen molar-refractivity contribution < 1.29 is 23.8 Å². The predicted molar refractivity (Wildman–Crippen MR) is 80.8 cm³/mol. The van der Waals surface area contributed by atoms with Gasteiger partial charge in [-0.25, -0.2) is 14.4 Å². The molecule has 0 spiro atoms. The summed E-state index contributed by atoms with van der Waals surface area (Å²) in [6.07, 6.45) is 0. The van der Waals surface area contributed by atoms with Crippen molar-refractivity contribution in [1.29, 1.82) is 0 Å². The molecule has 0 saturated carbocycles. The maximum Gasteiger partial charge on any atom is 0.351 e. The number of carboxylic acid groups (broad SMARTS) is 1. The molecule has 0 saturated heterocycles. The monoisotopic (exact) mass is 310 g/mol. The van der Waals surface area contributed by atoms with Crippen LogP contribution in [-0.4, -0.2) is 17.0 Å². The number of aromatic carboxylic acids is 1. The molecule has 0 aliphatic heterocycles. The molecule has 0 amide bonds. The lowest BCUT2D eigenvalue weighted by Crippen LogP contribution is -2.14. The Kier molecular flexibility index (Phi) is 3.64. The molecular formula is C17H10O6. The molecule has 6 nitrogen and oxygen atoms in total. The Bertz CT molecular complexity index is 956. The second kappa shape index (κ2) is 5.76. The van der Waals surface area contributed by atoms with Crippen LogP contribution in [0.4, 0.5) is 0 Å². The summed E-state index contributed by atoms with van der Waals surface area (Å²) in [6, 6.07) is 14.1. The van der Waals surface area contributed by atoms with Crippen LogP contribution in [0.15, 0.2) is 63.8 Å². The summed E-state index contributed by atoms with van der Waals surface area (Å²) < 4.78 is 10.3. The van der Waals surface area contributed by atoms with Crippen LogP contribution in [0.25, 0.3) is 11.0 Å². The molecule has 0 fully saturated rings. The third kappa shape index (κ3) is 2.82. The fourth-order valence-electron chi connectivity index (χ4n) is 2.08. The molecule has 1 aromatic heterocycles. The number of ether oxygens (including phenoxy) is 1. The van der Waals surface area contributed by atoms with Gasteiger partial charge in [-0.05, 0) is 24.3 Å². The lowest BCUT2D eigenvalue weighted by molar-refractivity contribution is 0.0688. The van der Waals surface area contributed by atoms with Gasteiger partial charge >= 0.3 is 17.6 Å². The number of carbonyl (C=O) groups is 2. The van der Waals surface area contributed by atoms with E-state index in [4.69, 9.17) is 14.3 Å². The molecule has 2 aromatic carbocycles. The average Bonchev–Trinajstić information content (AvgIpc) is 2.55. The summed E-state index contributed by atoms with van der Waals surface area (Å²) in [7, 11) is 0. The first-order valence-corrected chi connectivity index (χ1v) is 6.63. The van der Waals surface area contributed by atoms with Gasteiger partial charge in [-0.3, -0.25) is 0 Å². The molecule has 3 aromatic rings. The smallest absolute Gasteiger partial charge is 0.351 e. The molecule has 23 heavy (non-hydrogen) atoms. The predicted octanol–water partition coefficient (Wildman–Crippen LogP) is 2.71. The van der Waals surface area contributed by atoms with E-state index in [1.807, 2.05) is 0 Å². The van der Waals surface area contributed by atoms with Gasteiger partial charge in [0, 0.05) is 5.39 Å². The minimum Gasteiger partial charge on any atom is -0.477 e. The van der Waals surface area contributed by atoms with E-state index in [2.05, 4.69) is 0 Å². The van der Waals surface area contributed by atoms with Crippen molar-refractivity contribution >= 4 is 22.9 Å². The van der Waals surface area contributed by atoms with E-state index >= 15 is 0 Å². The Labute approximate surface area is 129 Å². The van der Waals surface area contributed by atoms with E-state index in [1.54, 1.807) is 42.5 Å². The van der Waals surface area contributed by atoms with E-state index < -0.39 is 23.1 Å². The van der Waals surface area contributed by atoms with Gasteiger partial charge in [-0.2, -0.15) is 0 Å². The van der Waals surface area contributed by atoms with E-state index in [-0.39, 0.29) is 11.3 Å². The van der Waals surface area contributed by atoms with Crippen LogP contribution in [-0.2, 0) is 0 Å². The molecule has 0 bridgehead atoms. The number of carbonyl (C=O) groups excluding carboxylic acids is 1. The van der Waals surface area contributed by atoms with E-state index in [1.165, 1.54) is 12.1 Å². The Balaban J connectivity index is 2.05. The van der Waals surface area contributed by atoms with Crippen molar-refractivity contribution in [2.45, 2.75) is 0 Å². The molecular weight excluding hydrogens is 300 g/mol. The van der Waals surface area contributed by atoms with Crippen molar-refractivity contribution in [1.82, 2.24) is 0 Å². The Morgan fingerprint density at radius 3 is 2.43 bits per heavy atom. The van der Waals surface area contributed by atoms with Crippen molar-refractivity contribution in [3.05, 3.63) is 76.1 Å². The molecule has 114 valence electrons. The van der Waals surface area contributed by atoms with Gasteiger partial charge in [0.05, 0.1) is 5.56 Å². The van der Waals surface area contributed by atoms with Gasteiger partial charge in [-0.1, -0.05) is 30.3 Å². The van der Waals surface area contributed by atoms with Crippen molar-refractivity contribution in [3.8, 4) is 5.75 Å². The fourth-order valence-corrected chi connectivity index (χ4v) is 2.08. The highest BCUT2D eigenvalue weighted by atomic mass is 16.5. The number of carboxylic acids is 1. The zero-order valence-electron chi connectivity index (χ0n) is 11.7. The number of hydrogen-bond acceptors (Lipinski definition) is 5. The zero-order chi connectivity index (χ0) is 16.4. The van der Waals surface area contributed by atoms with Crippen LogP contribution in [0.3, 0.4) is 0 Å². The molecule has 0 unspecified atom stereocenters. The number of para-hydroxylation sites is 1. The van der Waals surface area contributed by atoms with Gasteiger partial charge < -0.3 is 14.3 Å². The number of esters is 1. The molecule has 1 N–H and O–H groups in total. The van der Waals surface area contributed by atoms with Gasteiger partial charge in [0.25, 0.3) is 0 Å². The number of rotatable bonds is 3. The highest BCUT2D eigenvalue weighted by Gasteiger charge is 2.16. The molecule has 0 aliphatic rings. The fraction of sp³-hybridized carbons (Fsp3) is 0. The lowest BCUT2D eigenvalue weighted by Gasteiger charge is -2.07. The van der Waals surface area contributed by atoms with Crippen LogP contribution in [0.1, 0.15) is 20.7 Å². The van der Waals surface area contributed by atoms with E-state index in [0.717, 1.165) is 0 Å². The maximum atomic E-state index is 12.1. The minimum atomic E-state index is -1.38. The van der Waals surface area contributed by atoms with Crippen LogP contribution >= 0.6 is 0 Å². The summed E-state index contributed by atoms with van der Waals surface area (Å²) >= 11 is 0. The Morgan fingerprint density at radius 1 is 1.00 bits per heavy atom. The van der Waals surface area contributed by atoms with Crippen LogP contribution in [0.5, 0.6) is 5.75 Å². The number of fused-ring (bicyclic) bond motifs is 1. The van der Waals surface area contributed by atoms with Crippen molar-refractivity contribution in [3.63, 3.8) is 0 Å². The molecule has 0 atom stereocenters. The first-order chi connectivity index (χ1) is 11.1. The highest BCUT2D eigenvalue weighted by Crippen LogP contribution is 2.25. The zero-order valence-corrected chi connectivity index (χ0v) is 11.7. The van der Waals surface area contributed by atoms with E-state index in [9.17, 15) is 14.4 Å². The highest BCUT2D eigenvalue weighted by molar-refractivity contribution is 5.95. The molecule has 0 aliphatic carbocycles. The average molecular weight is 310 g/mol. The SMILES string of the molecule is O=C(Oc1cccc2cc(C(=O)O)c(=O)oc12)c1ccccc1. The molecule has 1 heterocycles. The largest absolute Gasteiger partial charge is 0.477 e. The summed E-state index contributed by atoms with van der Waals surface area (Å²) in [6.45, 7) is 0. The quantitative estimate of drug-likeness (QED) is 0.454. The third-order valence-electron chi connectivity index (χ3n) is 3.17. The van der Waals surface area contributed by atoms with Gasteiger partial charge in [0.1, 0.15) is 5.56 Å². The molecule has 0 radical (unpaired) electrons. The van der Waals surface area contributed by atoms with Gasteiger partial charge in [0.2, 0.25) is 0 Å². The maximum absolute atomic E-state index is 12.1. The van der Waals surface area contributed by atoms with E-state index in [0.29, 0.717) is 10.9 Å². The standard InChI is InChI=1S/C17H10O6/c18-15(19)12-9-11-7-4-8-13(14(11)23-17(12)21)22-16(20)10-5-2-1-3-6-10/h1-9H,(H,18,19). The normalized spacial score (nSPS) is 10.4. The van der Waals surface area contributed by atoms with Gasteiger partial charge in [0.15, 0.2) is 11.3 Å². The van der Waals surface area contributed by atoms with Gasteiger partial charge in [-0.15, -0.1) is 0 Å². The Hall–Kier alpha value is -3.41. The molecule has 3 rings (SSSR count). The number of hydrogen-bond donors (Lipinski definition) is 1. The van der Waals surface area contributed by atoms with Crippen LogP contribution in [0, 0.1) is 0 Å². The van der Waals surface area contributed by atoms with Crippen LogP contribution in [0.2, 0.25) is 0 Å². The second-order valence-electron chi connectivity index (χ2n) is 4.68. The van der Waals surface area contributed by atoms with Crippen molar-refractivity contribution in [2.75, 3.05) is 0 Å². The minimum absolute atomic E-state index is 0.0202.